The van der Waals surface area contributed by atoms with E-state index >= 15 is 0 Å². The molecule has 0 aliphatic heterocycles. The minimum Gasteiger partial charge on any atom is -0.348 e. The first-order valence-electron chi connectivity index (χ1n) is 5.77. The molecule has 3 nitrogen and oxygen atoms in total. The third-order valence-electron chi connectivity index (χ3n) is 2.32. The first-order valence-corrected chi connectivity index (χ1v) is 5.77. The molecule has 18 heavy (non-hydrogen) atoms. The summed E-state index contributed by atoms with van der Waals surface area (Å²) in [6.07, 6.45) is -2.81. The smallest absolute Gasteiger partial charge is 0.348 e. The number of aromatic nitrogens is 1. The Morgan fingerprint density at radius 3 is 2.50 bits per heavy atom. The van der Waals surface area contributed by atoms with Crippen LogP contribution in [0.1, 0.15) is 26.5 Å². The number of alkyl halides is 3. The SMILES string of the molecule is CC(C)(C)NCc1cccn1CCOC(F)(F)F. The molecule has 1 N–H and O–H groups in total. The average Bonchev–Trinajstić information content (AvgIpc) is 2.59. The molecular formula is C12H19F3N2O. The number of rotatable bonds is 5. The second-order valence-electron chi connectivity index (χ2n) is 5.09. The summed E-state index contributed by atoms with van der Waals surface area (Å²) >= 11 is 0. The van der Waals surface area contributed by atoms with Crippen LogP contribution >= 0.6 is 0 Å². The van der Waals surface area contributed by atoms with Gasteiger partial charge in [-0.25, -0.2) is 0 Å². The van der Waals surface area contributed by atoms with Gasteiger partial charge in [-0.1, -0.05) is 0 Å². The second kappa shape index (κ2) is 5.75. The summed E-state index contributed by atoms with van der Waals surface area (Å²) in [5.74, 6) is 0. The Kier molecular flexibility index (Phi) is 4.81. The average molecular weight is 264 g/mol. The van der Waals surface area contributed by atoms with Crippen LogP contribution in [0.2, 0.25) is 0 Å². The lowest BCUT2D eigenvalue weighted by Crippen LogP contribution is -2.35. The lowest BCUT2D eigenvalue weighted by molar-refractivity contribution is -0.325. The fourth-order valence-electron chi connectivity index (χ4n) is 1.44. The molecule has 0 radical (unpaired) electrons. The Bertz CT molecular complexity index is 366. The molecule has 0 atom stereocenters. The van der Waals surface area contributed by atoms with Crippen LogP contribution in [0.15, 0.2) is 18.3 Å². The molecule has 0 aliphatic rings. The largest absolute Gasteiger partial charge is 0.522 e. The van der Waals surface area contributed by atoms with E-state index < -0.39 is 6.36 Å². The van der Waals surface area contributed by atoms with Crippen molar-refractivity contribution in [3.05, 3.63) is 24.0 Å². The van der Waals surface area contributed by atoms with Crippen LogP contribution in [0.25, 0.3) is 0 Å². The van der Waals surface area contributed by atoms with E-state index in [1.807, 2.05) is 32.9 Å². The maximum absolute atomic E-state index is 11.8. The van der Waals surface area contributed by atoms with Gasteiger partial charge < -0.3 is 9.88 Å². The van der Waals surface area contributed by atoms with E-state index in [0.29, 0.717) is 6.54 Å². The molecule has 0 fully saturated rings. The Balaban J connectivity index is 2.45. The van der Waals surface area contributed by atoms with E-state index in [1.165, 1.54) is 0 Å². The Hall–Kier alpha value is -1.01. The molecule has 1 aromatic heterocycles. The molecular weight excluding hydrogens is 245 g/mol. The highest BCUT2D eigenvalue weighted by Gasteiger charge is 2.28. The standard InChI is InChI=1S/C12H19F3N2O/c1-11(2,3)16-9-10-5-4-6-17(10)7-8-18-12(13,14)15/h4-6,16H,7-9H2,1-3H3. The highest BCUT2D eigenvalue weighted by molar-refractivity contribution is 5.07. The van der Waals surface area contributed by atoms with E-state index in [9.17, 15) is 13.2 Å². The van der Waals surface area contributed by atoms with Crippen molar-refractivity contribution in [3.8, 4) is 0 Å². The van der Waals surface area contributed by atoms with Gasteiger partial charge in [0.25, 0.3) is 0 Å². The zero-order chi connectivity index (χ0) is 13.8. The van der Waals surface area contributed by atoms with E-state index in [-0.39, 0.29) is 18.7 Å². The van der Waals surface area contributed by atoms with Gasteiger partial charge in [-0.2, -0.15) is 0 Å². The van der Waals surface area contributed by atoms with Crippen LogP contribution in [0.3, 0.4) is 0 Å². The molecule has 104 valence electrons. The molecule has 0 spiro atoms. The lowest BCUT2D eigenvalue weighted by atomic mass is 10.1. The summed E-state index contributed by atoms with van der Waals surface area (Å²) in [5, 5.41) is 3.29. The number of hydrogen-bond acceptors (Lipinski definition) is 2. The summed E-state index contributed by atoms with van der Waals surface area (Å²) < 4.78 is 41.1. The van der Waals surface area contributed by atoms with Gasteiger partial charge in [0.05, 0.1) is 6.61 Å². The first kappa shape index (κ1) is 15.0. The van der Waals surface area contributed by atoms with Gasteiger partial charge in [0, 0.05) is 30.5 Å². The van der Waals surface area contributed by atoms with Crippen molar-refractivity contribution in [2.75, 3.05) is 6.61 Å². The quantitative estimate of drug-likeness (QED) is 0.885. The van der Waals surface area contributed by atoms with Crippen LogP contribution < -0.4 is 5.32 Å². The summed E-state index contributed by atoms with van der Waals surface area (Å²) in [7, 11) is 0. The van der Waals surface area contributed by atoms with Crippen molar-refractivity contribution in [1.29, 1.82) is 0 Å². The van der Waals surface area contributed by atoms with Crippen molar-refractivity contribution in [2.45, 2.75) is 45.8 Å². The van der Waals surface area contributed by atoms with E-state index in [2.05, 4.69) is 10.1 Å². The van der Waals surface area contributed by atoms with Crippen molar-refractivity contribution in [3.63, 3.8) is 0 Å². The van der Waals surface area contributed by atoms with Crippen LogP contribution in [0.5, 0.6) is 0 Å². The van der Waals surface area contributed by atoms with Crippen molar-refractivity contribution in [2.24, 2.45) is 0 Å². The highest BCUT2D eigenvalue weighted by atomic mass is 19.4. The van der Waals surface area contributed by atoms with Crippen LogP contribution in [-0.2, 0) is 17.8 Å². The molecule has 1 aromatic rings. The third-order valence-corrected chi connectivity index (χ3v) is 2.32. The molecule has 0 saturated heterocycles. The number of hydrogen-bond donors (Lipinski definition) is 1. The normalized spacial score (nSPS) is 13.0. The second-order valence-corrected chi connectivity index (χ2v) is 5.09. The van der Waals surface area contributed by atoms with Gasteiger partial charge >= 0.3 is 6.36 Å². The summed E-state index contributed by atoms with van der Waals surface area (Å²) in [4.78, 5) is 0. The minimum atomic E-state index is -4.56. The molecule has 0 bridgehead atoms. The van der Waals surface area contributed by atoms with Gasteiger partial charge in [0.2, 0.25) is 0 Å². The van der Waals surface area contributed by atoms with Gasteiger partial charge in [-0.3, -0.25) is 4.74 Å². The van der Waals surface area contributed by atoms with Gasteiger partial charge in [-0.15, -0.1) is 13.2 Å². The molecule has 0 amide bonds. The lowest BCUT2D eigenvalue weighted by Gasteiger charge is -2.21. The summed E-state index contributed by atoms with van der Waals surface area (Å²) in [5.41, 5.74) is 0.910. The molecule has 6 heteroatoms. The monoisotopic (exact) mass is 264 g/mol. The maximum Gasteiger partial charge on any atom is 0.522 e. The zero-order valence-corrected chi connectivity index (χ0v) is 10.8. The summed E-state index contributed by atoms with van der Waals surface area (Å²) in [6, 6.07) is 3.69. The predicted molar refractivity (Wildman–Crippen MR) is 63.0 cm³/mol. The number of nitrogens with one attached hydrogen (secondary N) is 1. The Morgan fingerprint density at radius 2 is 1.94 bits per heavy atom. The highest BCUT2D eigenvalue weighted by Crippen LogP contribution is 2.16. The first-order chi connectivity index (χ1) is 8.17. The Morgan fingerprint density at radius 1 is 1.28 bits per heavy atom. The van der Waals surface area contributed by atoms with Gasteiger partial charge in [-0.05, 0) is 32.9 Å². The van der Waals surface area contributed by atoms with Crippen molar-refractivity contribution >= 4 is 0 Å². The van der Waals surface area contributed by atoms with Crippen LogP contribution in [-0.4, -0.2) is 23.1 Å². The fourth-order valence-corrected chi connectivity index (χ4v) is 1.44. The van der Waals surface area contributed by atoms with Crippen molar-refractivity contribution < 1.29 is 17.9 Å². The van der Waals surface area contributed by atoms with Crippen LogP contribution in [0, 0.1) is 0 Å². The van der Waals surface area contributed by atoms with Crippen molar-refractivity contribution in [1.82, 2.24) is 9.88 Å². The predicted octanol–water partition coefficient (Wildman–Crippen LogP) is 2.91. The molecule has 0 unspecified atom stereocenters. The molecule has 0 saturated carbocycles. The van der Waals surface area contributed by atoms with Gasteiger partial charge in [0.15, 0.2) is 0 Å². The maximum atomic E-state index is 11.8. The third kappa shape index (κ3) is 6.07. The van der Waals surface area contributed by atoms with E-state index in [1.54, 1.807) is 10.8 Å². The number of ether oxygens (including phenoxy) is 1. The van der Waals surface area contributed by atoms with E-state index in [0.717, 1.165) is 5.69 Å². The molecule has 1 rings (SSSR count). The zero-order valence-electron chi connectivity index (χ0n) is 10.8. The topological polar surface area (TPSA) is 26.2 Å². The molecule has 0 aromatic carbocycles. The Labute approximate surface area is 105 Å². The minimum absolute atomic E-state index is 0.0302. The summed E-state index contributed by atoms with van der Waals surface area (Å²) in [6.45, 7) is 6.53. The molecule has 1 heterocycles. The number of halogens is 3. The van der Waals surface area contributed by atoms with Gasteiger partial charge in [0.1, 0.15) is 0 Å². The molecule has 0 aliphatic carbocycles. The van der Waals surface area contributed by atoms with E-state index in [4.69, 9.17) is 0 Å². The fraction of sp³-hybridized carbons (Fsp3) is 0.667. The van der Waals surface area contributed by atoms with Crippen LogP contribution in [0.4, 0.5) is 13.2 Å². The number of nitrogens with zero attached hydrogens (tertiary/aromatic N) is 1.